The Labute approximate surface area is 199 Å². The molecular weight excluding hydrogens is 459 g/mol. The Bertz CT molecular complexity index is 1270. The van der Waals surface area contributed by atoms with Crippen LogP contribution in [0.1, 0.15) is 51.2 Å². The molecule has 4 rings (SSSR count). The van der Waals surface area contributed by atoms with Crippen molar-refractivity contribution in [1.82, 2.24) is 25.6 Å². The average molecular weight is 481 g/mol. The van der Waals surface area contributed by atoms with Crippen molar-refractivity contribution in [3.8, 4) is 17.5 Å². The van der Waals surface area contributed by atoms with E-state index in [1.54, 1.807) is 0 Å². The predicted molar refractivity (Wildman–Crippen MR) is 122 cm³/mol. The molecule has 0 unspecified atom stereocenters. The van der Waals surface area contributed by atoms with Crippen molar-refractivity contribution in [3.63, 3.8) is 0 Å². The number of nitrogens with zero attached hydrogens (tertiary/aromatic N) is 3. The highest BCUT2D eigenvalue weighted by Crippen LogP contribution is 2.20. The Morgan fingerprint density at radius 1 is 1.09 bits per heavy atom. The van der Waals surface area contributed by atoms with Gasteiger partial charge in [0.05, 0.1) is 17.4 Å². The van der Waals surface area contributed by atoms with Crippen molar-refractivity contribution in [1.29, 1.82) is 0 Å². The molecule has 0 aliphatic heterocycles. The number of alkyl halides is 3. The number of hydrogen-bond donors (Lipinski definition) is 2. The molecule has 0 bridgehead atoms. The lowest BCUT2D eigenvalue weighted by Crippen LogP contribution is -2.33. The first kappa shape index (κ1) is 24.0. The van der Waals surface area contributed by atoms with E-state index < -0.39 is 18.6 Å². The number of amides is 2. The number of aromatic nitrogens is 3. The number of rotatable bonds is 7. The lowest BCUT2D eigenvalue weighted by molar-refractivity contribution is -0.123. The van der Waals surface area contributed by atoms with E-state index in [0.717, 1.165) is 18.4 Å². The number of carbonyl (C=O) groups is 2. The van der Waals surface area contributed by atoms with E-state index in [1.807, 2.05) is 35.6 Å². The van der Waals surface area contributed by atoms with Crippen LogP contribution in [0.4, 0.5) is 13.2 Å². The van der Waals surface area contributed by atoms with Gasteiger partial charge in [-0.2, -0.15) is 13.2 Å². The minimum Gasteiger partial charge on any atom is -0.348 e. The highest BCUT2D eigenvalue weighted by atomic mass is 19.4. The fraction of sp³-hybridized carbons (Fsp3) is 0.280. The van der Waals surface area contributed by atoms with Crippen LogP contribution in [0.15, 0.2) is 54.7 Å². The second kappa shape index (κ2) is 10.4. The number of aryl methyl sites for hydroxylation is 1. The summed E-state index contributed by atoms with van der Waals surface area (Å²) < 4.78 is 38.9. The maximum Gasteiger partial charge on any atom is 0.405 e. The van der Waals surface area contributed by atoms with Gasteiger partial charge in [0.2, 0.25) is 0 Å². The number of hydrogen-bond acceptors (Lipinski definition) is 4. The van der Waals surface area contributed by atoms with Gasteiger partial charge in [-0.15, -0.1) is 5.10 Å². The highest BCUT2D eigenvalue weighted by molar-refractivity contribution is 5.95. The largest absolute Gasteiger partial charge is 0.405 e. The van der Waals surface area contributed by atoms with E-state index in [4.69, 9.17) is 0 Å². The van der Waals surface area contributed by atoms with Crippen LogP contribution in [0.2, 0.25) is 0 Å². The number of nitrogens with one attached hydrogen (secondary N) is 2. The first-order valence-electron chi connectivity index (χ1n) is 11.0. The van der Waals surface area contributed by atoms with Crippen molar-refractivity contribution >= 4 is 11.8 Å². The monoisotopic (exact) mass is 481 g/mol. The Morgan fingerprint density at radius 3 is 2.57 bits per heavy atom. The molecule has 0 spiro atoms. The van der Waals surface area contributed by atoms with Gasteiger partial charge in [0.25, 0.3) is 11.8 Å². The van der Waals surface area contributed by atoms with E-state index in [0.29, 0.717) is 24.1 Å². The Hall–Kier alpha value is -4.13. The maximum atomic E-state index is 12.5. The van der Waals surface area contributed by atoms with Crippen molar-refractivity contribution < 1.29 is 22.8 Å². The fourth-order valence-electron chi connectivity index (χ4n) is 3.24. The smallest absolute Gasteiger partial charge is 0.348 e. The fourth-order valence-corrected chi connectivity index (χ4v) is 3.24. The summed E-state index contributed by atoms with van der Waals surface area (Å²) in [6.07, 6.45) is 0.0322. The summed E-state index contributed by atoms with van der Waals surface area (Å²) in [6.45, 7) is -1.44. The Kier molecular flexibility index (Phi) is 7.15. The van der Waals surface area contributed by atoms with Crippen LogP contribution in [-0.4, -0.2) is 45.6 Å². The van der Waals surface area contributed by atoms with Gasteiger partial charge in [-0.05, 0) is 43.0 Å². The van der Waals surface area contributed by atoms with E-state index >= 15 is 0 Å². The summed E-state index contributed by atoms with van der Waals surface area (Å²) in [7, 11) is 0. The van der Waals surface area contributed by atoms with Crippen molar-refractivity contribution in [2.24, 2.45) is 0 Å². The first-order valence-corrected chi connectivity index (χ1v) is 11.0. The summed E-state index contributed by atoms with van der Waals surface area (Å²) in [6, 6.07) is 14.2. The van der Waals surface area contributed by atoms with Crippen LogP contribution in [0.5, 0.6) is 0 Å². The number of benzene rings is 2. The Morgan fingerprint density at radius 2 is 1.86 bits per heavy atom. The predicted octanol–water partition coefficient (Wildman–Crippen LogP) is 3.44. The third-order valence-corrected chi connectivity index (χ3v) is 5.20. The van der Waals surface area contributed by atoms with Crippen LogP contribution in [0.25, 0.3) is 5.69 Å². The minimum atomic E-state index is -4.52. The molecule has 1 aliphatic rings. The van der Waals surface area contributed by atoms with Gasteiger partial charge in [0.15, 0.2) is 5.69 Å². The zero-order chi connectivity index (χ0) is 24.8. The second-order valence-corrected chi connectivity index (χ2v) is 8.11. The lowest BCUT2D eigenvalue weighted by Gasteiger charge is -2.10. The topological polar surface area (TPSA) is 88.9 Å². The van der Waals surface area contributed by atoms with Gasteiger partial charge < -0.3 is 10.6 Å². The van der Waals surface area contributed by atoms with Crippen molar-refractivity contribution in [2.75, 3.05) is 6.54 Å². The van der Waals surface area contributed by atoms with Crippen LogP contribution in [0, 0.1) is 11.8 Å². The third-order valence-electron chi connectivity index (χ3n) is 5.20. The van der Waals surface area contributed by atoms with Gasteiger partial charge >= 0.3 is 6.18 Å². The molecule has 2 amide bonds. The summed E-state index contributed by atoms with van der Waals surface area (Å²) in [5.74, 6) is 4.83. The SMILES string of the molecule is O=C(NCC(F)(F)F)c1ccc(-n2cc(C(=O)NC3CC3)nn2)c(C#CCCc2ccccc2)c1. The van der Waals surface area contributed by atoms with Crippen LogP contribution >= 0.6 is 0 Å². The van der Waals surface area contributed by atoms with E-state index in [1.165, 1.54) is 29.1 Å². The molecule has 1 saturated carbocycles. The first-order chi connectivity index (χ1) is 16.8. The standard InChI is InChI=1S/C25H22F3N5O2/c26-25(27,28)16-29-23(34)19-10-13-22(33-15-21(31-32-33)24(35)30-20-11-12-20)18(14-19)9-5-4-8-17-6-2-1-3-7-17/h1-3,6-7,10,13-15,20H,4,8,11-12,16H2,(H,29,34)(H,30,35). The van der Waals surface area contributed by atoms with Gasteiger partial charge in [0, 0.05) is 18.0 Å². The summed E-state index contributed by atoms with van der Waals surface area (Å²) >= 11 is 0. The van der Waals surface area contributed by atoms with Crippen LogP contribution < -0.4 is 10.6 Å². The maximum absolute atomic E-state index is 12.5. The molecular formula is C25H22F3N5O2. The van der Waals surface area contributed by atoms with Gasteiger partial charge in [-0.25, -0.2) is 4.68 Å². The van der Waals surface area contributed by atoms with Crippen molar-refractivity contribution in [3.05, 3.63) is 77.1 Å². The zero-order valence-corrected chi connectivity index (χ0v) is 18.6. The molecule has 180 valence electrons. The third kappa shape index (κ3) is 6.93. The summed E-state index contributed by atoms with van der Waals surface area (Å²) in [5.41, 5.74) is 2.09. The normalized spacial score (nSPS) is 13.0. The zero-order valence-electron chi connectivity index (χ0n) is 18.6. The van der Waals surface area contributed by atoms with E-state index in [-0.39, 0.29) is 23.2 Å². The minimum absolute atomic E-state index is 0.0252. The molecule has 2 aromatic carbocycles. The molecule has 1 aliphatic carbocycles. The highest BCUT2D eigenvalue weighted by Gasteiger charge is 2.28. The summed E-state index contributed by atoms with van der Waals surface area (Å²) in [4.78, 5) is 24.5. The molecule has 1 fully saturated rings. The van der Waals surface area contributed by atoms with Crippen LogP contribution in [-0.2, 0) is 6.42 Å². The molecule has 10 heteroatoms. The van der Waals surface area contributed by atoms with Gasteiger partial charge in [0.1, 0.15) is 6.54 Å². The van der Waals surface area contributed by atoms with Crippen LogP contribution in [0.3, 0.4) is 0 Å². The second-order valence-electron chi connectivity index (χ2n) is 8.11. The molecule has 3 aromatic rings. The lowest BCUT2D eigenvalue weighted by atomic mass is 10.1. The molecule has 1 heterocycles. The molecule has 1 aromatic heterocycles. The summed E-state index contributed by atoms with van der Waals surface area (Å²) in [5, 5.41) is 12.6. The molecule has 0 radical (unpaired) electrons. The van der Waals surface area contributed by atoms with Gasteiger partial charge in [-0.1, -0.05) is 47.4 Å². The Balaban J connectivity index is 1.57. The van der Waals surface area contributed by atoms with E-state index in [2.05, 4.69) is 27.5 Å². The molecule has 2 N–H and O–H groups in total. The molecule has 0 atom stereocenters. The number of carbonyl (C=O) groups excluding carboxylic acids is 2. The average Bonchev–Trinajstić information content (AvgIpc) is 3.51. The quantitative estimate of drug-likeness (QED) is 0.506. The number of halogens is 3. The molecule has 0 saturated heterocycles. The molecule has 7 nitrogen and oxygen atoms in total. The molecule has 35 heavy (non-hydrogen) atoms. The van der Waals surface area contributed by atoms with Crippen molar-refractivity contribution in [2.45, 2.75) is 37.9 Å². The van der Waals surface area contributed by atoms with Gasteiger partial charge in [-0.3, -0.25) is 9.59 Å². The van der Waals surface area contributed by atoms with E-state index in [9.17, 15) is 22.8 Å².